The van der Waals surface area contributed by atoms with Crippen molar-refractivity contribution >= 4 is 5.97 Å². The lowest BCUT2D eigenvalue weighted by Crippen LogP contribution is -2.48. The molecule has 2 saturated carbocycles. The van der Waals surface area contributed by atoms with Gasteiger partial charge in [0.25, 0.3) is 0 Å². The van der Waals surface area contributed by atoms with Gasteiger partial charge < -0.3 is 14.2 Å². The lowest BCUT2D eigenvalue weighted by molar-refractivity contribution is -0.157. The number of hydrogen-bond acceptors (Lipinski definition) is 4. The minimum Gasteiger partial charge on any atom is -0.466 e. The van der Waals surface area contributed by atoms with Gasteiger partial charge in [-0.2, -0.15) is 0 Å². The first-order valence-electron chi connectivity index (χ1n) is 7.18. The molecule has 0 unspecified atom stereocenters. The van der Waals surface area contributed by atoms with Crippen LogP contribution < -0.4 is 0 Å². The van der Waals surface area contributed by atoms with Crippen molar-refractivity contribution in [2.75, 3.05) is 19.8 Å². The Morgan fingerprint density at radius 3 is 2.78 bits per heavy atom. The number of rotatable bonds is 3. The fraction of sp³-hybridized carbons (Fsp3) is 0.929. The van der Waals surface area contributed by atoms with E-state index in [1.54, 1.807) is 0 Å². The van der Waals surface area contributed by atoms with Gasteiger partial charge in [0, 0.05) is 5.92 Å². The maximum atomic E-state index is 11.7. The quantitative estimate of drug-likeness (QED) is 0.709. The van der Waals surface area contributed by atoms with Crippen molar-refractivity contribution in [3.05, 3.63) is 0 Å². The van der Waals surface area contributed by atoms with E-state index in [0.717, 1.165) is 31.0 Å². The summed E-state index contributed by atoms with van der Waals surface area (Å²) in [5.41, 5.74) is 0. The van der Waals surface area contributed by atoms with Crippen molar-refractivity contribution in [1.29, 1.82) is 0 Å². The Bertz CT molecular complexity index is 369. The zero-order valence-electron chi connectivity index (χ0n) is 10.7. The standard InChI is InChI=1S/C14H20O4/c1-2-16-12(15)4-11-13-7-3-8-10(6-18-14(8)13)9(7)5-17-11/h7-11,13-14H,2-6H2,1H3/t7-,8+,9+,10+,11+,13+,14-/m1/s1. The van der Waals surface area contributed by atoms with E-state index in [1.807, 2.05) is 6.92 Å². The average molecular weight is 252 g/mol. The molecule has 0 radical (unpaired) electrons. The van der Waals surface area contributed by atoms with Crippen LogP contribution >= 0.6 is 0 Å². The van der Waals surface area contributed by atoms with E-state index in [9.17, 15) is 4.79 Å². The highest BCUT2D eigenvalue weighted by Gasteiger charge is 2.65. The van der Waals surface area contributed by atoms with Crippen molar-refractivity contribution in [3.63, 3.8) is 0 Å². The maximum absolute atomic E-state index is 11.7. The molecule has 2 bridgehead atoms. The molecule has 0 N–H and O–H groups in total. The topological polar surface area (TPSA) is 44.8 Å². The number of ether oxygens (including phenoxy) is 3. The van der Waals surface area contributed by atoms with E-state index in [1.165, 1.54) is 6.42 Å². The van der Waals surface area contributed by atoms with Crippen LogP contribution in [0.1, 0.15) is 19.8 Å². The van der Waals surface area contributed by atoms with Crippen LogP contribution in [0.4, 0.5) is 0 Å². The highest BCUT2D eigenvalue weighted by molar-refractivity contribution is 5.70. The molecule has 4 rings (SSSR count). The van der Waals surface area contributed by atoms with E-state index in [0.29, 0.717) is 31.0 Å². The molecule has 100 valence electrons. The van der Waals surface area contributed by atoms with Gasteiger partial charge in [-0.05, 0) is 37.0 Å². The van der Waals surface area contributed by atoms with Crippen LogP contribution in [0.25, 0.3) is 0 Å². The van der Waals surface area contributed by atoms with Gasteiger partial charge >= 0.3 is 5.97 Å². The summed E-state index contributed by atoms with van der Waals surface area (Å²) in [7, 11) is 0. The zero-order chi connectivity index (χ0) is 12.3. The molecule has 2 saturated heterocycles. The Morgan fingerprint density at radius 1 is 1.17 bits per heavy atom. The molecular weight excluding hydrogens is 232 g/mol. The molecule has 0 amide bonds. The molecule has 18 heavy (non-hydrogen) atoms. The Labute approximate surface area is 107 Å². The average Bonchev–Trinajstić information content (AvgIpc) is 2.94. The van der Waals surface area contributed by atoms with Crippen molar-refractivity contribution in [1.82, 2.24) is 0 Å². The zero-order valence-corrected chi connectivity index (χ0v) is 10.7. The normalized spacial score (nSPS) is 51.7. The lowest BCUT2D eigenvalue weighted by atomic mass is 9.70. The van der Waals surface area contributed by atoms with Crippen molar-refractivity contribution in [2.45, 2.75) is 32.0 Å². The number of carbonyl (C=O) groups excluding carboxylic acids is 1. The summed E-state index contributed by atoms with van der Waals surface area (Å²) in [6.07, 6.45) is 2.09. The first-order valence-corrected chi connectivity index (χ1v) is 7.18. The third kappa shape index (κ3) is 1.36. The third-order valence-corrected chi connectivity index (χ3v) is 5.58. The fourth-order valence-corrected chi connectivity index (χ4v) is 5.01. The first-order chi connectivity index (χ1) is 8.79. The van der Waals surface area contributed by atoms with Crippen LogP contribution in [0.2, 0.25) is 0 Å². The minimum atomic E-state index is -0.127. The Hall–Kier alpha value is -0.610. The molecule has 0 spiro atoms. The predicted octanol–water partition coefficient (Wildman–Crippen LogP) is 1.24. The summed E-state index contributed by atoms with van der Waals surface area (Å²) >= 11 is 0. The monoisotopic (exact) mass is 252 g/mol. The van der Waals surface area contributed by atoms with Crippen LogP contribution in [0.15, 0.2) is 0 Å². The molecule has 0 aromatic rings. The summed E-state index contributed by atoms with van der Waals surface area (Å²) in [5, 5.41) is 0. The molecular formula is C14H20O4. The van der Waals surface area contributed by atoms with E-state index < -0.39 is 0 Å². The fourth-order valence-electron chi connectivity index (χ4n) is 5.01. The highest BCUT2D eigenvalue weighted by atomic mass is 16.5. The van der Waals surface area contributed by atoms with Crippen LogP contribution in [0.5, 0.6) is 0 Å². The lowest BCUT2D eigenvalue weighted by Gasteiger charge is -2.42. The summed E-state index contributed by atoms with van der Waals surface area (Å²) < 4.78 is 17.0. The third-order valence-electron chi connectivity index (χ3n) is 5.58. The Morgan fingerprint density at radius 2 is 1.94 bits per heavy atom. The molecule has 0 aromatic heterocycles. The van der Waals surface area contributed by atoms with Gasteiger partial charge in [0.05, 0.1) is 38.4 Å². The van der Waals surface area contributed by atoms with E-state index in [4.69, 9.17) is 14.2 Å². The van der Waals surface area contributed by atoms with Crippen LogP contribution in [0, 0.1) is 29.6 Å². The smallest absolute Gasteiger partial charge is 0.308 e. The molecule has 4 heteroatoms. The van der Waals surface area contributed by atoms with Crippen molar-refractivity contribution < 1.29 is 19.0 Å². The molecule has 0 aromatic carbocycles. The van der Waals surface area contributed by atoms with Gasteiger partial charge in [0.15, 0.2) is 0 Å². The van der Waals surface area contributed by atoms with Gasteiger partial charge in [-0.15, -0.1) is 0 Å². The van der Waals surface area contributed by atoms with Crippen LogP contribution in [-0.4, -0.2) is 38.0 Å². The molecule has 2 heterocycles. The first kappa shape index (κ1) is 11.2. The van der Waals surface area contributed by atoms with Crippen molar-refractivity contribution in [2.24, 2.45) is 29.6 Å². The molecule has 7 atom stereocenters. The summed E-state index contributed by atoms with van der Waals surface area (Å²) in [6, 6.07) is 0. The summed E-state index contributed by atoms with van der Waals surface area (Å²) in [6.45, 7) is 4.04. The van der Waals surface area contributed by atoms with Gasteiger partial charge in [-0.1, -0.05) is 0 Å². The summed E-state index contributed by atoms with van der Waals surface area (Å²) in [5.74, 6) is 3.23. The minimum absolute atomic E-state index is 0.0272. The molecule has 4 aliphatic rings. The number of fused-ring (bicyclic) bond motifs is 2. The Kier molecular flexibility index (Phi) is 2.46. The summed E-state index contributed by atoms with van der Waals surface area (Å²) in [4.78, 5) is 11.7. The van der Waals surface area contributed by atoms with E-state index >= 15 is 0 Å². The highest BCUT2D eigenvalue weighted by Crippen LogP contribution is 2.63. The molecule has 4 nitrogen and oxygen atoms in total. The van der Waals surface area contributed by atoms with E-state index in [-0.39, 0.29) is 12.1 Å². The SMILES string of the molecule is CCOC(=O)C[C@@H]1OC[C@@H]2[C@H]3CO[C@@H]4[C@H]3C[C@H]2[C@H]41. The van der Waals surface area contributed by atoms with E-state index in [2.05, 4.69) is 0 Å². The maximum Gasteiger partial charge on any atom is 0.308 e. The molecule has 4 fully saturated rings. The van der Waals surface area contributed by atoms with Gasteiger partial charge in [0.1, 0.15) is 0 Å². The second-order valence-corrected chi connectivity index (χ2v) is 6.15. The number of esters is 1. The van der Waals surface area contributed by atoms with Crippen LogP contribution in [0.3, 0.4) is 0 Å². The van der Waals surface area contributed by atoms with Gasteiger partial charge in [-0.3, -0.25) is 4.79 Å². The second kappa shape index (κ2) is 3.94. The van der Waals surface area contributed by atoms with Crippen LogP contribution in [-0.2, 0) is 19.0 Å². The molecule has 2 aliphatic heterocycles. The number of hydrogen-bond donors (Lipinski definition) is 0. The molecule has 2 aliphatic carbocycles. The number of carbonyl (C=O) groups is 1. The van der Waals surface area contributed by atoms with Crippen molar-refractivity contribution in [3.8, 4) is 0 Å². The largest absolute Gasteiger partial charge is 0.466 e. The Balaban J connectivity index is 1.52. The van der Waals surface area contributed by atoms with Gasteiger partial charge in [-0.25, -0.2) is 0 Å². The predicted molar refractivity (Wildman–Crippen MR) is 62.8 cm³/mol. The van der Waals surface area contributed by atoms with Gasteiger partial charge in [0.2, 0.25) is 0 Å². The second-order valence-electron chi connectivity index (χ2n) is 6.15.